The summed E-state index contributed by atoms with van der Waals surface area (Å²) in [5.41, 5.74) is 0.535. The summed E-state index contributed by atoms with van der Waals surface area (Å²) in [4.78, 5) is 11.3. The van der Waals surface area contributed by atoms with E-state index in [1.165, 1.54) is 6.07 Å². The number of rotatable bonds is 0. The number of carbonyl (C=O) groups excluding carboxylic acids is 1. The van der Waals surface area contributed by atoms with Crippen molar-refractivity contribution in [1.29, 1.82) is 0 Å². The molecule has 0 aliphatic carbocycles. The Kier molecular flexibility index (Phi) is 1.44. The second-order valence-corrected chi connectivity index (χ2v) is 2.85. The van der Waals surface area contributed by atoms with Crippen molar-refractivity contribution < 1.29 is 15.0 Å². The van der Waals surface area contributed by atoms with Crippen LogP contribution in [-0.2, 0) is 0 Å². The monoisotopic (exact) mass is 180 g/mol. The molecule has 0 amide bonds. The van der Waals surface area contributed by atoms with Crippen molar-refractivity contribution in [2.75, 3.05) is 5.01 Å². The third-order valence-electron chi connectivity index (χ3n) is 2.05. The first-order chi connectivity index (χ1) is 6.05. The summed E-state index contributed by atoms with van der Waals surface area (Å²) in [6.07, 6.45) is 0. The van der Waals surface area contributed by atoms with Crippen LogP contribution >= 0.6 is 0 Å². The van der Waals surface area contributed by atoms with E-state index in [1.807, 2.05) is 0 Å². The molecule has 0 fully saturated rings. The molecule has 5 heteroatoms. The summed E-state index contributed by atoms with van der Waals surface area (Å²) in [6, 6.07) is 6.33. The Morgan fingerprint density at radius 2 is 1.92 bits per heavy atom. The lowest BCUT2D eigenvalue weighted by Crippen LogP contribution is -2.54. The topological polar surface area (TPSA) is 86.8 Å². The summed E-state index contributed by atoms with van der Waals surface area (Å²) in [7, 11) is 0. The van der Waals surface area contributed by atoms with Gasteiger partial charge in [-0.25, -0.2) is 10.9 Å². The van der Waals surface area contributed by atoms with Gasteiger partial charge in [0, 0.05) is 0 Å². The predicted molar refractivity (Wildman–Crippen MR) is 44.6 cm³/mol. The number of aliphatic hydroxyl groups is 2. The van der Waals surface area contributed by atoms with E-state index in [9.17, 15) is 15.0 Å². The van der Waals surface area contributed by atoms with Crippen molar-refractivity contribution in [2.45, 2.75) is 5.91 Å². The lowest BCUT2D eigenvalue weighted by Gasteiger charge is -2.23. The molecule has 13 heavy (non-hydrogen) atoms. The number of fused-ring (bicyclic) bond motifs is 1. The highest BCUT2D eigenvalue weighted by atomic mass is 16.5. The number of benzene rings is 1. The minimum atomic E-state index is -2.61. The molecule has 1 aromatic carbocycles. The predicted octanol–water partition coefficient (Wildman–Crippen LogP) is -0.799. The van der Waals surface area contributed by atoms with Crippen LogP contribution in [0.1, 0.15) is 10.4 Å². The maximum Gasteiger partial charge on any atom is 0.328 e. The maximum atomic E-state index is 11.3. The Labute approximate surface area is 74.0 Å². The molecule has 0 saturated heterocycles. The fourth-order valence-electron chi connectivity index (χ4n) is 1.33. The number of anilines is 1. The van der Waals surface area contributed by atoms with E-state index in [-0.39, 0.29) is 5.56 Å². The van der Waals surface area contributed by atoms with E-state index in [4.69, 9.17) is 5.84 Å². The fraction of sp³-hybridized carbons (Fsp3) is 0.125. The Hall–Kier alpha value is -1.43. The van der Waals surface area contributed by atoms with E-state index >= 15 is 0 Å². The molecule has 1 aliphatic rings. The Morgan fingerprint density at radius 3 is 2.54 bits per heavy atom. The highest BCUT2D eigenvalue weighted by molar-refractivity contribution is 6.11. The van der Waals surface area contributed by atoms with Crippen LogP contribution in [0.5, 0.6) is 0 Å². The molecule has 1 aromatic rings. The van der Waals surface area contributed by atoms with Crippen LogP contribution in [0.4, 0.5) is 5.69 Å². The zero-order chi connectivity index (χ0) is 9.64. The van der Waals surface area contributed by atoms with Gasteiger partial charge in [-0.3, -0.25) is 4.79 Å². The number of Topliss-reactive ketones (excluding diaryl/α,β-unsaturated/α-hetero) is 1. The molecule has 0 bridgehead atoms. The summed E-state index contributed by atoms with van der Waals surface area (Å²) >= 11 is 0. The standard InChI is InChI=1S/C8H8N2O3/c9-10-6-4-2-1-3-5(6)7(11)8(10,12)13/h1-4,12-13H,9H2. The molecule has 0 spiro atoms. The van der Waals surface area contributed by atoms with Gasteiger partial charge in [0.1, 0.15) is 0 Å². The number of nitrogens with two attached hydrogens (primary N) is 1. The fourth-order valence-corrected chi connectivity index (χ4v) is 1.33. The zero-order valence-corrected chi connectivity index (χ0v) is 6.64. The van der Waals surface area contributed by atoms with Gasteiger partial charge in [-0.2, -0.15) is 0 Å². The molecule has 4 N–H and O–H groups in total. The molecule has 1 aliphatic heterocycles. The van der Waals surface area contributed by atoms with Gasteiger partial charge in [-0.15, -0.1) is 0 Å². The minimum absolute atomic E-state index is 0.218. The van der Waals surface area contributed by atoms with Gasteiger partial charge in [0.2, 0.25) is 5.78 Å². The SMILES string of the molecule is NN1c2ccccc2C(=O)C1(O)O. The highest BCUT2D eigenvalue weighted by Gasteiger charge is 2.47. The molecular formula is C8H8N2O3. The smallest absolute Gasteiger partial charge is 0.328 e. The Bertz CT molecular complexity index is 375. The van der Waals surface area contributed by atoms with Crippen molar-refractivity contribution >= 4 is 11.5 Å². The summed E-state index contributed by atoms with van der Waals surface area (Å²) in [6.45, 7) is 0. The summed E-state index contributed by atoms with van der Waals surface area (Å²) in [5, 5.41) is 19.2. The molecule has 0 saturated carbocycles. The van der Waals surface area contributed by atoms with E-state index in [2.05, 4.69) is 0 Å². The maximum absolute atomic E-state index is 11.3. The van der Waals surface area contributed by atoms with Crippen molar-refractivity contribution in [3.8, 4) is 0 Å². The van der Waals surface area contributed by atoms with Gasteiger partial charge in [0.15, 0.2) is 0 Å². The number of ketones is 1. The second kappa shape index (κ2) is 2.29. The van der Waals surface area contributed by atoms with E-state index in [0.717, 1.165) is 0 Å². The number of hydrogen-bond acceptors (Lipinski definition) is 5. The van der Waals surface area contributed by atoms with Gasteiger partial charge in [0.25, 0.3) is 0 Å². The Balaban J connectivity index is 2.64. The first-order valence-electron chi connectivity index (χ1n) is 3.68. The first kappa shape index (κ1) is 8.18. The number of carbonyl (C=O) groups is 1. The number of hydrazine groups is 1. The largest absolute Gasteiger partial charge is 0.341 e. The average molecular weight is 180 g/mol. The zero-order valence-electron chi connectivity index (χ0n) is 6.64. The van der Waals surface area contributed by atoms with Crippen LogP contribution in [0.15, 0.2) is 24.3 Å². The molecule has 2 rings (SSSR count). The first-order valence-corrected chi connectivity index (χ1v) is 3.68. The van der Waals surface area contributed by atoms with Crippen molar-refractivity contribution in [1.82, 2.24) is 0 Å². The molecule has 0 atom stereocenters. The lowest BCUT2D eigenvalue weighted by molar-refractivity contribution is -0.117. The third-order valence-corrected chi connectivity index (χ3v) is 2.05. The van der Waals surface area contributed by atoms with Gasteiger partial charge in [-0.1, -0.05) is 12.1 Å². The number of hydrogen-bond donors (Lipinski definition) is 3. The number of para-hydroxylation sites is 1. The molecule has 1 heterocycles. The number of nitrogens with zero attached hydrogens (tertiary/aromatic N) is 1. The molecule has 68 valence electrons. The van der Waals surface area contributed by atoms with Crippen molar-refractivity contribution in [3.05, 3.63) is 29.8 Å². The van der Waals surface area contributed by atoms with Crippen LogP contribution in [0, 0.1) is 0 Å². The van der Waals surface area contributed by atoms with Crippen LogP contribution < -0.4 is 10.9 Å². The Morgan fingerprint density at radius 1 is 1.31 bits per heavy atom. The minimum Gasteiger partial charge on any atom is -0.341 e. The van der Waals surface area contributed by atoms with Crippen LogP contribution in [0.2, 0.25) is 0 Å². The lowest BCUT2D eigenvalue weighted by atomic mass is 10.1. The highest BCUT2D eigenvalue weighted by Crippen LogP contribution is 2.32. The quantitative estimate of drug-likeness (QED) is 0.359. The molecule has 0 unspecified atom stereocenters. The van der Waals surface area contributed by atoms with E-state index < -0.39 is 11.7 Å². The van der Waals surface area contributed by atoms with Crippen molar-refractivity contribution in [2.24, 2.45) is 5.84 Å². The molecule has 0 aromatic heterocycles. The van der Waals surface area contributed by atoms with Gasteiger partial charge < -0.3 is 10.2 Å². The molecular weight excluding hydrogens is 172 g/mol. The normalized spacial score (nSPS) is 19.0. The molecule has 0 radical (unpaired) electrons. The summed E-state index contributed by atoms with van der Waals surface area (Å²) < 4.78 is 0. The third kappa shape index (κ3) is 0.888. The van der Waals surface area contributed by atoms with Crippen molar-refractivity contribution in [3.63, 3.8) is 0 Å². The molecule has 5 nitrogen and oxygen atoms in total. The van der Waals surface area contributed by atoms with Gasteiger partial charge in [0.05, 0.1) is 11.3 Å². The van der Waals surface area contributed by atoms with Crippen LogP contribution in [-0.4, -0.2) is 21.9 Å². The van der Waals surface area contributed by atoms with Crippen LogP contribution in [0.3, 0.4) is 0 Å². The van der Waals surface area contributed by atoms with Gasteiger partial charge >= 0.3 is 5.91 Å². The van der Waals surface area contributed by atoms with E-state index in [0.29, 0.717) is 10.7 Å². The summed E-state index contributed by atoms with van der Waals surface area (Å²) in [5.74, 6) is 1.92. The van der Waals surface area contributed by atoms with Crippen LogP contribution in [0.25, 0.3) is 0 Å². The average Bonchev–Trinajstić information content (AvgIpc) is 2.30. The second-order valence-electron chi connectivity index (χ2n) is 2.85. The van der Waals surface area contributed by atoms with E-state index in [1.54, 1.807) is 18.2 Å². The van der Waals surface area contributed by atoms with Gasteiger partial charge in [-0.05, 0) is 12.1 Å².